The van der Waals surface area contributed by atoms with Crippen LogP contribution < -0.4 is 11.1 Å². The predicted molar refractivity (Wildman–Crippen MR) is 105 cm³/mol. The highest BCUT2D eigenvalue weighted by molar-refractivity contribution is 7.12. The highest BCUT2D eigenvalue weighted by Crippen LogP contribution is 2.23. The van der Waals surface area contributed by atoms with Crippen LogP contribution in [0, 0.1) is 30.6 Å². The first-order valence-electron chi connectivity index (χ1n) is 7.97. The number of anilines is 2. The molecule has 0 atom stereocenters. The minimum Gasteiger partial charge on any atom is -0.398 e. The number of hydrogen-bond acceptors (Lipinski definition) is 7. The van der Waals surface area contributed by atoms with Gasteiger partial charge in [-0.2, -0.15) is 5.26 Å². The summed E-state index contributed by atoms with van der Waals surface area (Å²) in [5.74, 6) is -0.389. The Balaban J connectivity index is 1.90. The summed E-state index contributed by atoms with van der Waals surface area (Å²) in [7, 11) is 0. The monoisotopic (exact) mass is 376 g/mol. The Bertz CT molecular complexity index is 1080. The first kappa shape index (κ1) is 18.2. The SMILES string of the molecule is Cc1c(C#N)cnc(C(=O)Nc2ccc(N)c(C(=N)c3cncs3)c2)c1C. The van der Waals surface area contributed by atoms with Gasteiger partial charge in [-0.05, 0) is 43.2 Å². The van der Waals surface area contributed by atoms with Gasteiger partial charge in [0.2, 0.25) is 0 Å². The lowest BCUT2D eigenvalue weighted by molar-refractivity contribution is 0.102. The largest absolute Gasteiger partial charge is 0.398 e. The Morgan fingerprint density at radius 2 is 2.07 bits per heavy atom. The Hall–Kier alpha value is -3.57. The van der Waals surface area contributed by atoms with Crippen LogP contribution in [0.2, 0.25) is 0 Å². The number of nitrogens with one attached hydrogen (secondary N) is 2. The minimum absolute atomic E-state index is 0.245. The van der Waals surface area contributed by atoms with Crippen LogP contribution in [0.1, 0.15) is 37.6 Å². The number of rotatable bonds is 4. The molecule has 1 amide bonds. The fourth-order valence-electron chi connectivity index (χ4n) is 2.56. The fourth-order valence-corrected chi connectivity index (χ4v) is 3.14. The molecule has 27 heavy (non-hydrogen) atoms. The minimum atomic E-state index is -0.389. The van der Waals surface area contributed by atoms with Crippen molar-refractivity contribution in [2.24, 2.45) is 0 Å². The van der Waals surface area contributed by atoms with Gasteiger partial charge in [0.1, 0.15) is 11.8 Å². The topological polar surface area (TPSA) is 129 Å². The van der Waals surface area contributed by atoms with Gasteiger partial charge in [0.05, 0.1) is 21.7 Å². The molecule has 0 bridgehead atoms. The average molecular weight is 376 g/mol. The molecule has 8 heteroatoms. The molecule has 0 spiro atoms. The number of aromatic nitrogens is 2. The van der Waals surface area contributed by atoms with Gasteiger partial charge in [-0.1, -0.05) is 0 Å². The second-order valence-electron chi connectivity index (χ2n) is 5.88. The molecule has 4 N–H and O–H groups in total. The van der Waals surface area contributed by atoms with E-state index in [9.17, 15) is 4.79 Å². The van der Waals surface area contributed by atoms with Crippen LogP contribution in [0.4, 0.5) is 11.4 Å². The van der Waals surface area contributed by atoms with Crippen LogP contribution in [0.25, 0.3) is 0 Å². The summed E-state index contributed by atoms with van der Waals surface area (Å²) in [5, 5.41) is 20.2. The average Bonchev–Trinajstić information content (AvgIpc) is 3.19. The van der Waals surface area contributed by atoms with Gasteiger partial charge < -0.3 is 11.1 Å². The summed E-state index contributed by atoms with van der Waals surface area (Å²) in [6.45, 7) is 3.54. The lowest BCUT2D eigenvalue weighted by atomic mass is 10.0. The quantitative estimate of drug-likeness (QED) is 0.475. The summed E-state index contributed by atoms with van der Waals surface area (Å²) >= 11 is 1.34. The number of carbonyl (C=O) groups excluding carboxylic acids is 1. The number of pyridine rings is 1. The van der Waals surface area contributed by atoms with E-state index in [0.717, 1.165) is 5.56 Å². The van der Waals surface area contributed by atoms with Crippen LogP contribution in [0.3, 0.4) is 0 Å². The van der Waals surface area contributed by atoms with Crippen LogP contribution >= 0.6 is 11.3 Å². The summed E-state index contributed by atoms with van der Waals surface area (Å²) in [6, 6.07) is 7.02. The first-order valence-corrected chi connectivity index (χ1v) is 8.85. The molecule has 1 aromatic carbocycles. The second kappa shape index (κ2) is 7.35. The molecular weight excluding hydrogens is 360 g/mol. The zero-order valence-electron chi connectivity index (χ0n) is 14.7. The normalized spacial score (nSPS) is 10.3. The number of nitrogen functional groups attached to an aromatic ring is 1. The molecule has 3 rings (SSSR count). The molecule has 0 aliphatic carbocycles. The number of benzene rings is 1. The zero-order valence-corrected chi connectivity index (χ0v) is 15.5. The number of nitriles is 1. The molecular formula is C19H16N6OS. The maximum Gasteiger partial charge on any atom is 0.274 e. The van der Waals surface area contributed by atoms with E-state index in [1.807, 2.05) is 0 Å². The molecule has 0 saturated carbocycles. The molecule has 0 radical (unpaired) electrons. The molecule has 7 nitrogen and oxygen atoms in total. The van der Waals surface area contributed by atoms with Crippen molar-refractivity contribution in [1.82, 2.24) is 9.97 Å². The van der Waals surface area contributed by atoms with Crippen molar-refractivity contribution in [2.75, 3.05) is 11.1 Å². The van der Waals surface area contributed by atoms with Crippen LogP contribution in [-0.4, -0.2) is 21.6 Å². The van der Waals surface area contributed by atoms with Gasteiger partial charge in [-0.25, -0.2) is 4.98 Å². The second-order valence-corrected chi connectivity index (χ2v) is 6.77. The number of carbonyl (C=O) groups is 1. The van der Waals surface area contributed by atoms with Crippen molar-refractivity contribution in [1.29, 1.82) is 10.7 Å². The number of nitrogens with two attached hydrogens (primary N) is 1. The Morgan fingerprint density at radius 1 is 1.30 bits per heavy atom. The number of thiazole rings is 1. The van der Waals surface area contributed by atoms with E-state index in [2.05, 4.69) is 21.4 Å². The molecule has 0 unspecified atom stereocenters. The van der Waals surface area contributed by atoms with Crippen molar-refractivity contribution in [3.05, 3.63) is 68.9 Å². The summed E-state index contributed by atoms with van der Waals surface area (Å²) in [6.07, 6.45) is 3.00. The Kier molecular flexibility index (Phi) is 4.96. The van der Waals surface area contributed by atoms with Gasteiger partial charge >= 0.3 is 0 Å². The third-order valence-electron chi connectivity index (χ3n) is 4.24. The predicted octanol–water partition coefficient (Wildman–Crippen LogP) is 3.28. The van der Waals surface area contributed by atoms with Crippen molar-refractivity contribution >= 4 is 34.3 Å². The van der Waals surface area contributed by atoms with Gasteiger partial charge in [0.15, 0.2) is 0 Å². The molecule has 3 aromatic rings. The molecule has 0 fully saturated rings. The molecule has 2 heterocycles. The summed E-state index contributed by atoms with van der Waals surface area (Å²) in [5.41, 5.74) is 11.4. The summed E-state index contributed by atoms with van der Waals surface area (Å²) in [4.78, 5) is 21.4. The van der Waals surface area contributed by atoms with Crippen molar-refractivity contribution in [3.63, 3.8) is 0 Å². The lowest BCUT2D eigenvalue weighted by Gasteiger charge is -2.12. The van der Waals surface area contributed by atoms with E-state index >= 15 is 0 Å². The summed E-state index contributed by atoms with van der Waals surface area (Å²) < 4.78 is 0. The molecule has 2 aromatic heterocycles. The van der Waals surface area contributed by atoms with Gasteiger partial charge in [0.25, 0.3) is 5.91 Å². The molecule has 0 aliphatic rings. The van der Waals surface area contributed by atoms with Gasteiger partial charge in [-0.3, -0.25) is 15.2 Å². The van der Waals surface area contributed by atoms with E-state index in [1.54, 1.807) is 43.8 Å². The highest BCUT2D eigenvalue weighted by atomic mass is 32.1. The number of hydrogen-bond donors (Lipinski definition) is 3. The third-order valence-corrected chi connectivity index (χ3v) is 5.03. The molecule has 134 valence electrons. The van der Waals surface area contributed by atoms with Crippen molar-refractivity contribution < 1.29 is 4.79 Å². The van der Waals surface area contributed by atoms with Crippen molar-refractivity contribution in [2.45, 2.75) is 13.8 Å². The lowest BCUT2D eigenvalue weighted by Crippen LogP contribution is -2.17. The Labute approximate surface area is 160 Å². The van der Waals surface area contributed by atoms with Crippen LogP contribution in [0.5, 0.6) is 0 Å². The Morgan fingerprint density at radius 3 is 2.74 bits per heavy atom. The van der Waals surface area contributed by atoms with Gasteiger partial charge in [-0.15, -0.1) is 11.3 Å². The maximum absolute atomic E-state index is 12.6. The van der Waals surface area contributed by atoms with E-state index in [1.165, 1.54) is 17.5 Å². The third kappa shape index (κ3) is 3.54. The standard InChI is InChI=1S/C19H16N6OS/c1-10-11(2)18(24-7-12(10)6-20)19(26)25-13-3-4-15(21)14(5-13)17(22)16-8-23-9-27-16/h3-5,7-9,22H,21H2,1-2H3,(H,25,26). The molecule has 0 saturated heterocycles. The van der Waals surface area contributed by atoms with E-state index in [0.29, 0.717) is 32.9 Å². The van der Waals surface area contributed by atoms with Crippen LogP contribution in [-0.2, 0) is 0 Å². The number of amides is 1. The van der Waals surface area contributed by atoms with E-state index in [4.69, 9.17) is 16.4 Å². The zero-order chi connectivity index (χ0) is 19.6. The maximum atomic E-state index is 12.6. The van der Waals surface area contributed by atoms with Crippen molar-refractivity contribution in [3.8, 4) is 6.07 Å². The van der Waals surface area contributed by atoms with E-state index in [-0.39, 0.29) is 17.3 Å². The smallest absolute Gasteiger partial charge is 0.274 e. The van der Waals surface area contributed by atoms with Gasteiger partial charge in [0, 0.05) is 29.3 Å². The first-order chi connectivity index (χ1) is 12.9. The fraction of sp³-hybridized carbons (Fsp3) is 0.105. The highest BCUT2D eigenvalue weighted by Gasteiger charge is 2.16. The van der Waals surface area contributed by atoms with Crippen LogP contribution in [0.15, 0.2) is 36.1 Å². The molecule has 0 aliphatic heterocycles. The number of nitrogens with zero attached hydrogens (tertiary/aromatic N) is 3. The van der Waals surface area contributed by atoms with E-state index < -0.39 is 0 Å².